The number of amides is 1. The molecule has 0 fully saturated rings. The summed E-state index contributed by atoms with van der Waals surface area (Å²) in [4.78, 5) is 16.3. The van der Waals surface area contributed by atoms with E-state index in [1.165, 1.54) is 0 Å². The van der Waals surface area contributed by atoms with Crippen molar-refractivity contribution >= 4 is 22.5 Å². The van der Waals surface area contributed by atoms with E-state index in [-0.39, 0.29) is 5.91 Å². The smallest absolute Gasteiger partial charge is 0.224 e. The van der Waals surface area contributed by atoms with Gasteiger partial charge in [-0.2, -0.15) is 0 Å². The number of aromatic nitrogens is 1. The molecule has 1 aromatic carbocycles. The lowest BCUT2D eigenvalue weighted by atomic mass is 10.1. The fraction of sp³-hybridized carbons (Fsp3) is 0.333. The van der Waals surface area contributed by atoms with Crippen molar-refractivity contribution in [3.05, 3.63) is 36.0 Å². The Balaban J connectivity index is 2.18. The molecule has 19 heavy (non-hydrogen) atoms. The van der Waals surface area contributed by atoms with E-state index in [2.05, 4.69) is 15.6 Å². The summed E-state index contributed by atoms with van der Waals surface area (Å²) >= 11 is 0. The summed E-state index contributed by atoms with van der Waals surface area (Å²) in [6.07, 6.45) is 1.36. The number of hydrogen-bond donors (Lipinski definition) is 2. The minimum absolute atomic E-state index is 0.0472. The number of fused-ring (bicyclic) bond motifs is 1. The molecule has 2 rings (SSSR count). The van der Waals surface area contributed by atoms with Crippen LogP contribution in [0.3, 0.4) is 0 Å². The summed E-state index contributed by atoms with van der Waals surface area (Å²) in [5.41, 5.74) is 2.66. The van der Waals surface area contributed by atoms with Crippen LogP contribution in [0.4, 0.5) is 5.69 Å². The zero-order valence-corrected chi connectivity index (χ0v) is 11.4. The van der Waals surface area contributed by atoms with Gasteiger partial charge in [-0.05, 0) is 39.1 Å². The number of carbonyl (C=O) groups is 1. The highest BCUT2D eigenvalue weighted by atomic mass is 16.1. The predicted molar refractivity (Wildman–Crippen MR) is 78.3 cm³/mol. The van der Waals surface area contributed by atoms with E-state index in [0.29, 0.717) is 6.42 Å². The second kappa shape index (κ2) is 6.29. The standard InChI is InChI=1S/C15H19N3O/c1-11-10-14(18-15(19)8-5-9-16-2)12-6-3-4-7-13(12)17-11/h3-4,6-7,10,16H,5,8-9H2,1-2H3,(H,17,18,19). The first kappa shape index (κ1) is 13.5. The zero-order chi connectivity index (χ0) is 13.7. The van der Waals surface area contributed by atoms with Crippen molar-refractivity contribution in [1.29, 1.82) is 0 Å². The van der Waals surface area contributed by atoms with Crippen molar-refractivity contribution in [2.75, 3.05) is 18.9 Å². The van der Waals surface area contributed by atoms with E-state index in [1.807, 2.05) is 44.3 Å². The molecule has 2 N–H and O–H groups in total. The van der Waals surface area contributed by atoms with E-state index in [9.17, 15) is 4.79 Å². The third-order valence-corrected chi connectivity index (χ3v) is 2.95. The minimum Gasteiger partial charge on any atom is -0.325 e. The summed E-state index contributed by atoms with van der Waals surface area (Å²) in [6, 6.07) is 9.76. The summed E-state index contributed by atoms with van der Waals surface area (Å²) in [5.74, 6) is 0.0472. The van der Waals surface area contributed by atoms with Crippen LogP contribution >= 0.6 is 0 Å². The van der Waals surface area contributed by atoms with Crippen LogP contribution in [-0.2, 0) is 4.79 Å². The average molecular weight is 257 g/mol. The number of nitrogens with one attached hydrogen (secondary N) is 2. The number of carbonyl (C=O) groups excluding carboxylic acids is 1. The lowest BCUT2D eigenvalue weighted by Gasteiger charge is -2.09. The molecule has 0 radical (unpaired) electrons. The second-order valence-corrected chi connectivity index (χ2v) is 4.58. The normalized spacial score (nSPS) is 10.6. The maximum Gasteiger partial charge on any atom is 0.224 e. The van der Waals surface area contributed by atoms with E-state index in [0.717, 1.165) is 35.2 Å². The van der Waals surface area contributed by atoms with Gasteiger partial charge in [-0.25, -0.2) is 0 Å². The van der Waals surface area contributed by atoms with Gasteiger partial charge in [-0.3, -0.25) is 9.78 Å². The number of pyridine rings is 1. The monoisotopic (exact) mass is 257 g/mol. The SMILES string of the molecule is CNCCCC(=O)Nc1cc(C)nc2ccccc12. The highest BCUT2D eigenvalue weighted by molar-refractivity contribution is 6.00. The van der Waals surface area contributed by atoms with Gasteiger partial charge in [-0.1, -0.05) is 18.2 Å². The summed E-state index contributed by atoms with van der Waals surface area (Å²) < 4.78 is 0. The maximum atomic E-state index is 11.9. The van der Waals surface area contributed by atoms with Gasteiger partial charge in [0.05, 0.1) is 11.2 Å². The van der Waals surface area contributed by atoms with Gasteiger partial charge in [0, 0.05) is 17.5 Å². The van der Waals surface area contributed by atoms with Crippen molar-refractivity contribution in [1.82, 2.24) is 10.3 Å². The van der Waals surface area contributed by atoms with Crippen LogP contribution in [0.1, 0.15) is 18.5 Å². The number of nitrogens with zero attached hydrogens (tertiary/aromatic N) is 1. The molecule has 1 aromatic heterocycles. The van der Waals surface area contributed by atoms with Crippen molar-refractivity contribution in [2.45, 2.75) is 19.8 Å². The van der Waals surface area contributed by atoms with Crippen LogP contribution in [-0.4, -0.2) is 24.5 Å². The third-order valence-electron chi connectivity index (χ3n) is 2.95. The van der Waals surface area contributed by atoms with E-state index in [1.54, 1.807) is 0 Å². The molecule has 0 spiro atoms. The summed E-state index contributed by atoms with van der Waals surface area (Å²) in [6.45, 7) is 2.78. The molecular formula is C15H19N3O. The van der Waals surface area contributed by atoms with Gasteiger partial charge < -0.3 is 10.6 Å². The molecule has 0 atom stereocenters. The Morgan fingerprint density at radius 2 is 2.11 bits per heavy atom. The Bertz CT molecular complexity index is 581. The van der Waals surface area contributed by atoms with Crippen molar-refractivity contribution in [3.8, 4) is 0 Å². The molecule has 4 heteroatoms. The number of para-hydroxylation sites is 1. The Labute approximate surface area is 113 Å². The molecule has 1 heterocycles. The topological polar surface area (TPSA) is 54.0 Å². The maximum absolute atomic E-state index is 11.9. The van der Waals surface area contributed by atoms with Crippen LogP contribution in [0.15, 0.2) is 30.3 Å². The number of anilines is 1. The Morgan fingerprint density at radius 3 is 2.89 bits per heavy atom. The Morgan fingerprint density at radius 1 is 1.32 bits per heavy atom. The molecular weight excluding hydrogens is 238 g/mol. The first-order chi connectivity index (χ1) is 9.20. The van der Waals surface area contributed by atoms with Crippen LogP contribution in [0.2, 0.25) is 0 Å². The first-order valence-electron chi connectivity index (χ1n) is 6.51. The number of benzene rings is 1. The molecule has 0 saturated carbocycles. The molecule has 0 aliphatic heterocycles. The van der Waals surface area contributed by atoms with Crippen LogP contribution in [0, 0.1) is 6.92 Å². The number of rotatable bonds is 5. The van der Waals surface area contributed by atoms with Crippen LogP contribution in [0.25, 0.3) is 10.9 Å². The Kier molecular flexibility index (Phi) is 4.47. The van der Waals surface area contributed by atoms with Crippen molar-refractivity contribution < 1.29 is 4.79 Å². The van der Waals surface area contributed by atoms with Gasteiger partial charge in [0.25, 0.3) is 0 Å². The van der Waals surface area contributed by atoms with Crippen LogP contribution in [0.5, 0.6) is 0 Å². The lowest BCUT2D eigenvalue weighted by Crippen LogP contribution is -2.15. The van der Waals surface area contributed by atoms with Crippen LogP contribution < -0.4 is 10.6 Å². The summed E-state index contributed by atoms with van der Waals surface area (Å²) in [5, 5.41) is 7.00. The third kappa shape index (κ3) is 3.51. The van der Waals surface area contributed by atoms with Gasteiger partial charge in [0.2, 0.25) is 5.91 Å². The van der Waals surface area contributed by atoms with E-state index >= 15 is 0 Å². The molecule has 1 amide bonds. The van der Waals surface area contributed by atoms with Crippen molar-refractivity contribution in [2.24, 2.45) is 0 Å². The van der Waals surface area contributed by atoms with Gasteiger partial charge in [0.1, 0.15) is 0 Å². The molecule has 0 aliphatic carbocycles. The molecule has 0 aliphatic rings. The highest BCUT2D eigenvalue weighted by Crippen LogP contribution is 2.22. The fourth-order valence-electron chi connectivity index (χ4n) is 2.05. The fourth-order valence-corrected chi connectivity index (χ4v) is 2.05. The average Bonchev–Trinajstić information content (AvgIpc) is 2.39. The lowest BCUT2D eigenvalue weighted by molar-refractivity contribution is -0.116. The van der Waals surface area contributed by atoms with E-state index < -0.39 is 0 Å². The van der Waals surface area contributed by atoms with E-state index in [4.69, 9.17) is 0 Å². The highest BCUT2D eigenvalue weighted by Gasteiger charge is 2.07. The largest absolute Gasteiger partial charge is 0.325 e. The number of hydrogen-bond acceptors (Lipinski definition) is 3. The minimum atomic E-state index is 0.0472. The number of aryl methyl sites for hydroxylation is 1. The van der Waals surface area contributed by atoms with Gasteiger partial charge in [-0.15, -0.1) is 0 Å². The quantitative estimate of drug-likeness (QED) is 0.809. The van der Waals surface area contributed by atoms with Crippen molar-refractivity contribution in [3.63, 3.8) is 0 Å². The summed E-state index contributed by atoms with van der Waals surface area (Å²) in [7, 11) is 1.89. The van der Waals surface area contributed by atoms with Gasteiger partial charge in [0.15, 0.2) is 0 Å². The molecule has 4 nitrogen and oxygen atoms in total. The predicted octanol–water partition coefficient (Wildman–Crippen LogP) is 2.48. The molecule has 2 aromatic rings. The Hall–Kier alpha value is -1.94. The molecule has 0 bridgehead atoms. The molecule has 100 valence electrons. The second-order valence-electron chi connectivity index (χ2n) is 4.58. The zero-order valence-electron chi connectivity index (χ0n) is 11.4. The molecule has 0 unspecified atom stereocenters. The van der Waals surface area contributed by atoms with Gasteiger partial charge >= 0.3 is 0 Å². The first-order valence-corrected chi connectivity index (χ1v) is 6.51. The molecule has 0 saturated heterocycles.